The number of rotatable bonds is 6. The van der Waals surface area contributed by atoms with Crippen molar-refractivity contribution < 1.29 is 19.4 Å². The number of carbonyl (C=O) groups excluding carboxylic acids is 1. The van der Waals surface area contributed by atoms with E-state index in [-0.39, 0.29) is 23.9 Å². The average molecular weight is 212 g/mol. The molecule has 1 atom stereocenters. The van der Waals surface area contributed by atoms with Gasteiger partial charge < -0.3 is 9.84 Å². The SMILES string of the molecule is CCC(=O)CC(CC1CO1)=C(C)C(=O)O. The molecule has 0 bridgehead atoms. The third-order valence-electron chi connectivity index (χ3n) is 2.53. The number of Topliss-reactive ketones (excluding diaryl/α,β-unsaturated/α-hetero) is 1. The van der Waals surface area contributed by atoms with Gasteiger partial charge in [0.15, 0.2) is 0 Å². The molecule has 0 saturated carbocycles. The predicted octanol–water partition coefficient (Wildman–Crippen LogP) is 1.55. The number of carbonyl (C=O) groups is 2. The summed E-state index contributed by atoms with van der Waals surface area (Å²) in [4.78, 5) is 22.1. The number of hydrogen-bond donors (Lipinski definition) is 1. The highest BCUT2D eigenvalue weighted by Crippen LogP contribution is 2.24. The van der Waals surface area contributed by atoms with Crippen LogP contribution >= 0.6 is 0 Å². The smallest absolute Gasteiger partial charge is 0.331 e. The number of ketones is 1. The van der Waals surface area contributed by atoms with Crippen LogP contribution in [0.3, 0.4) is 0 Å². The molecule has 4 heteroatoms. The molecule has 1 fully saturated rings. The van der Waals surface area contributed by atoms with E-state index in [0.717, 1.165) is 0 Å². The molecule has 0 spiro atoms. The molecule has 1 unspecified atom stereocenters. The Morgan fingerprint density at radius 1 is 1.47 bits per heavy atom. The maximum atomic E-state index is 11.3. The van der Waals surface area contributed by atoms with E-state index in [1.165, 1.54) is 0 Å². The zero-order valence-electron chi connectivity index (χ0n) is 9.08. The van der Waals surface area contributed by atoms with E-state index in [9.17, 15) is 9.59 Å². The molecule has 15 heavy (non-hydrogen) atoms. The fourth-order valence-corrected chi connectivity index (χ4v) is 1.33. The first-order valence-corrected chi connectivity index (χ1v) is 5.09. The van der Waals surface area contributed by atoms with Crippen LogP contribution in [0.1, 0.15) is 33.1 Å². The molecule has 1 heterocycles. The van der Waals surface area contributed by atoms with E-state index in [1.54, 1.807) is 13.8 Å². The Morgan fingerprint density at radius 3 is 2.47 bits per heavy atom. The maximum Gasteiger partial charge on any atom is 0.331 e. The Bertz CT molecular complexity index is 300. The molecule has 0 radical (unpaired) electrons. The number of aliphatic carboxylic acids is 1. The Kier molecular flexibility index (Phi) is 4.03. The largest absolute Gasteiger partial charge is 0.478 e. The minimum atomic E-state index is -0.949. The van der Waals surface area contributed by atoms with Gasteiger partial charge in [0.25, 0.3) is 0 Å². The van der Waals surface area contributed by atoms with Gasteiger partial charge in [-0.3, -0.25) is 4.79 Å². The van der Waals surface area contributed by atoms with Crippen molar-refractivity contribution in [2.75, 3.05) is 6.61 Å². The van der Waals surface area contributed by atoms with Crippen molar-refractivity contribution >= 4 is 11.8 Å². The van der Waals surface area contributed by atoms with Crippen LogP contribution in [0.5, 0.6) is 0 Å². The Balaban J connectivity index is 2.70. The fraction of sp³-hybridized carbons (Fsp3) is 0.636. The van der Waals surface area contributed by atoms with Crippen molar-refractivity contribution in [3.63, 3.8) is 0 Å². The highest BCUT2D eigenvalue weighted by molar-refractivity contribution is 5.89. The molecule has 1 rings (SSSR count). The second-order valence-electron chi connectivity index (χ2n) is 3.76. The second-order valence-corrected chi connectivity index (χ2v) is 3.76. The van der Waals surface area contributed by atoms with Crippen LogP contribution in [0.25, 0.3) is 0 Å². The first-order chi connectivity index (χ1) is 7.04. The average Bonchev–Trinajstić information content (AvgIpc) is 2.99. The van der Waals surface area contributed by atoms with Crippen molar-refractivity contribution in [1.29, 1.82) is 0 Å². The quantitative estimate of drug-likeness (QED) is 0.535. The first-order valence-electron chi connectivity index (χ1n) is 5.09. The van der Waals surface area contributed by atoms with Gasteiger partial charge in [0.05, 0.1) is 12.7 Å². The van der Waals surface area contributed by atoms with Gasteiger partial charge in [-0.2, -0.15) is 0 Å². The topological polar surface area (TPSA) is 66.9 Å². The lowest BCUT2D eigenvalue weighted by molar-refractivity contribution is -0.132. The zero-order valence-corrected chi connectivity index (χ0v) is 9.08. The van der Waals surface area contributed by atoms with Crippen LogP contribution in [0, 0.1) is 0 Å². The molecule has 1 saturated heterocycles. The van der Waals surface area contributed by atoms with E-state index in [2.05, 4.69) is 0 Å². The van der Waals surface area contributed by atoms with Gasteiger partial charge in [0, 0.05) is 18.4 Å². The molecule has 0 aromatic carbocycles. The molecule has 0 amide bonds. The molecule has 1 aliphatic rings. The number of hydrogen-bond acceptors (Lipinski definition) is 3. The van der Waals surface area contributed by atoms with Gasteiger partial charge in [0.1, 0.15) is 5.78 Å². The van der Waals surface area contributed by atoms with Gasteiger partial charge in [-0.05, 0) is 13.3 Å². The lowest BCUT2D eigenvalue weighted by Gasteiger charge is -2.07. The Morgan fingerprint density at radius 2 is 2.07 bits per heavy atom. The molecule has 4 nitrogen and oxygen atoms in total. The van der Waals surface area contributed by atoms with E-state index < -0.39 is 5.97 Å². The standard InChI is InChI=1S/C11H16O4/c1-3-9(12)4-8(5-10-6-15-10)7(2)11(13)14/h10H,3-6H2,1-2H3,(H,13,14). The van der Waals surface area contributed by atoms with Crippen molar-refractivity contribution in [2.45, 2.75) is 39.2 Å². The van der Waals surface area contributed by atoms with Crippen molar-refractivity contribution in [3.05, 3.63) is 11.1 Å². The van der Waals surface area contributed by atoms with Crippen molar-refractivity contribution in [1.82, 2.24) is 0 Å². The predicted molar refractivity (Wildman–Crippen MR) is 54.6 cm³/mol. The van der Waals surface area contributed by atoms with Crippen molar-refractivity contribution in [3.8, 4) is 0 Å². The lowest BCUT2D eigenvalue weighted by atomic mass is 9.98. The van der Waals surface area contributed by atoms with Crippen LogP contribution in [-0.2, 0) is 14.3 Å². The fourth-order valence-electron chi connectivity index (χ4n) is 1.33. The van der Waals surface area contributed by atoms with Crippen LogP contribution in [0.2, 0.25) is 0 Å². The zero-order chi connectivity index (χ0) is 11.4. The van der Waals surface area contributed by atoms with Gasteiger partial charge in [0.2, 0.25) is 0 Å². The number of carboxylic acid groups (broad SMARTS) is 1. The monoisotopic (exact) mass is 212 g/mol. The van der Waals surface area contributed by atoms with Gasteiger partial charge in [-0.1, -0.05) is 12.5 Å². The summed E-state index contributed by atoms with van der Waals surface area (Å²) in [5, 5.41) is 8.86. The summed E-state index contributed by atoms with van der Waals surface area (Å²) in [5.41, 5.74) is 0.990. The third-order valence-corrected chi connectivity index (χ3v) is 2.53. The summed E-state index contributed by atoms with van der Waals surface area (Å²) < 4.78 is 5.05. The Hall–Kier alpha value is -1.16. The van der Waals surface area contributed by atoms with Crippen molar-refractivity contribution in [2.24, 2.45) is 0 Å². The summed E-state index contributed by atoms with van der Waals surface area (Å²) in [6.45, 7) is 4.00. The highest BCUT2D eigenvalue weighted by Gasteiger charge is 2.26. The van der Waals surface area contributed by atoms with Crippen LogP contribution in [0.4, 0.5) is 0 Å². The number of ether oxygens (including phenoxy) is 1. The molecular weight excluding hydrogens is 196 g/mol. The van der Waals surface area contributed by atoms with Gasteiger partial charge >= 0.3 is 5.97 Å². The van der Waals surface area contributed by atoms with Crippen LogP contribution in [-0.4, -0.2) is 29.6 Å². The lowest BCUT2D eigenvalue weighted by Crippen LogP contribution is -2.07. The second kappa shape index (κ2) is 5.07. The maximum absolute atomic E-state index is 11.3. The van der Waals surface area contributed by atoms with E-state index in [0.29, 0.717) is 25.0 Å². The minimum Gasteiger partial charge on any atom is -0.478 e. The van der Waals surface area contributed by atoms with E-state index in [1.807, 2.05) is 0 Å². The Labute approximate surface area is 88.9 Å². The molecule has 1 N–H and O–H groups in total. The molecule has 0 aromatic heterocycles. The summed E-state index contributed by atoms with van der Waals surface area (Å²) in [6.07, 6.45) is 1.39. The highest BCUT2D eigenvalue weighted by atomic mass is 16.6. The van der Waals surface area contributed by atoms with E-state index in [4.69, 9.17) is 9.84 Å². The van der Waals surface area contributed by atoms with Crippen LogP contribution in [0.15, 0.2) is 11.1 Å². The summed E-state index contributed by atoms with van der Waals surface area (Å²) in [6, 6.07) is 0. The van der Waals surface area contributed by atoms with Crippen LogP contribution < -0.4 is 0 Å². The minimum absolute atomic E-state index is 0.0752. The molecule has 1 aliphatic heterocycles. The van der Waals surface area contributed by atoms with Gasteiger partial charge in [-0.15, -0.1) is 0 Å². The molecule has 0 aromatic rings. The number of carboxylic acids is 1. The van der Waals surface area contributed by atoms with E-state index >= 15 is 0 Å². The molecule has 84 valence electrons. The molecule has 0 aliphatic carbocycles. The summed E-state index contributed by atoms with van der Waals surface area (Å²) in [7, 11) is 0. The first kappa shape index (κ1) is 11.9. The normalized spacial score (nSPS) is 20.8. The summed E-state index contributed by atoms with van der Waals surface area (Å²) >= 11 is 0. The molecular formula is C11H16O4. The number of epoxide rings is 1. The third kappa shape index (κ3) is 3.83. The summed E-state index contributed by atoms with van der Waals surface area (Å²) in [5.74, 6) is -0.874. The van der Waals surface area contributed by atoms with Gasteiger partial charge in [-0.25, -0.2) is 4.79 Å².